The van der Waals surface area contributed by atoms with E-state index in [1.807, 2.05) is 0 Å². The Morgan fingerprint density at radius 3 is 2.74 bits per heavy atom. The van der Waals surface area contributed by atoms with Crippen LogP contribution in [0.4, 0.5) is 0 Å². The second-order valence-corrected chi connectivity index (χ2v) is 6.34. The summed E-state index contributed by atoms with van der Waals surface area (Å²) in [5.41, 5.74) is 0.0585. The molecule has 1 unspecified atom stereocenters. The van der Waals surface area contributed by atoms with Crippen LogP contribution in [0.5, 0.6) is 0 Å². The summed E-state index contributed by atoms with van der Waals surface area (Å²) in [5, 5.41) is 14.5. The molecule has 0 aromatic heterocycles. The quantitative estimate of drug-likeness (QED) is 0.354. The predicted octanol–water partition coefficient (Wildman–Crippen LogP) is 0.916. The molecule has 0 saturated carbocycles. The molecule has 0 spiro atoms. The lowest BCUT2D eigenvalue weighted by Crippen LogP contribution is -2.33. The zero-order valence-electron chi connectivity index (χ0n) is 13.9. The van der Waals surface area contributed by atoms with E-state index in [1.165, 1.54) is 11.8 Å². The van der Waals surface area contributed by atoms with Gasteiger partial charge in [0.05, 0.1) is 29.6 Å². The molecule has 1 atom stereocenters. The van der Waals surface area contributed by atoms with E-state index < -0.39 is 4.92 Å². The van der Waals surface area contributed by atoms with Gasteiger partial charge in [0, 0.05) is 33.2 Å². The fourth-order valence-corrected chi connectivity index (χ4v) is 2.93. The van der Waals surface area contributed by atoms with Gasteiger partial charge in [-0.2, -0.15) is 0 Å². The summed E-state index contributed by atoms with van der Waals surface area (Å²) in [6, 6.07) is 0. The number of carbonyl (C=O) groups is 1. The zero-order valence-corrected chi connectivity index (χ0v) is 14.7. The van der Waals surface area contributed by atoms with Gasteiger partial charge in [-0.15, -0.1) is 11.8 Å². The summed E-state index contributed by atoms with van der Waals surface area (Å²) in [7, 11) is 3.51. The Bertz CT molecular complexity index is 436. The molecule has 1 N–H and O–H groups in total. The molecule has 132 valence electrons. The van der Waals surface area contributed by atoms with Gasteiger partial charge in [0.15, 0.2) is 5.82 Å². The Morgan fingerprint density at radius 2 is 2.22 bits per heavy atom. The highest BCUT2D eigenvalue weighted by molar-refractivity contribution is 8.00. The molecule has 9 heteroatoms. The van der Waals surface area contributed by atoms with Gasteiger partial charge < -0.3 is 19.7 Å². The van der Waals surface area contributed by atoms with E-state index in [0.29, 0.717) is 31.5 Å². The van der Waals surface area contributed by atoms with Crippen LogP contribution in [-0.2, 0) is 14.3 Å². The third-order valence-electron chi connectivity index (χ3n) is 3.29. The molecule has 1 fully saturated rings. The maximum absolute atomic E-state index is 11.4. The Morgan fingerprint density at radius 1 is 1.48 bits per heavy atom. The average Bonchev–Trinajstić information content (AvgIpc) is 2.98. The molecule has 1 heterocycles. The third-order valence-corrected chi connectivity index (χ3v) is 4.20. The molecule has 0 bridgehead atoms. The van der Waals surface area contributed by atoms with Crippen LogP contribution in [0.3, 0.4) is 0 Å². The summed E-state index contributed by atoms with van der Waals surface area (Å²) in [4.78, 5) is 24.0. The van der Waals surface area contributed by atoms with Crippen LogP contribution < -0.4 is 5.32 Å². The molecular weight excluding hydrogens is 322 g/mol. The summed E-state index contributed by atoms with van der Waals surface area (Å²) in [6.07, 6.45) is 0.957. The van der Waals surface area contributed by atoms with Gasteiger partial charge in [0.25, 0.3) is 5.70 Å². The van der Waals surface area contributed by atoms with Crippen molar-refractivity contribution < 1.29 is 19.2 Å². The fourth-order valence-electron chi connectivity index (χ4n) is 2.14. The molecule has 1 saturated heterocycles. The lowest BCUT2D eigenvalue weighted by molar-refractivity contribution is -0.426. The van der Waals surface area contributed by atoms with Crippen molar-refractivity contribution >= 4 is 17.7 Å². The van der Waals surface area contributed by atoms with Crippen molar-refractivity contribution in [2.45, 2.75) is 13.3 Å². The normalized spacial score (nSPS) is 18.3. The summed E-state index contributed by atoms with van der Waals surface area (Å²) >= 11 is 1.18. The van der Waals surface area contributed by atoms with Crippen molar-refractivity contribution in [3.05, 3.63) is 21.6 Å². The topological polar surface area (TPSA) is 93.9 Å². The van der Waals surface area contributed by atoms with E-state index in [4.69, 9.17) is 9.47 Å². The minimum absolute atomic E-state index is 0.0585. The second-order valence-electron chi connectivity index (χ2n) is 5.36. The van der Waals surface area contributed by atoms with E-state index >= 15 is 0 Å². The summed E-state index contributed by atoms with van der Waals surface area (Å²) in [5.74, 6) is 0.710. The number of nitro groups is 1. The molecule has 1 aliphatic rings. The minimum Gasteiger partial charge on any atom is -0.465 e. The number of hydrogen-bond donors (Lipinski definition) is 1. The molecule has 0 aliphatic carbocycles. The van der Waals surface area contributed by atoms with Gasteiger partial charge >= 0.3 is 5.97 Å². The molecule has 1 aliphatic heterocycles. The van der Waals surface area contributed by atoms with Crippen molar-refractivity contribution in [1.82, 2.24) is 10.2 Å². The molecule has 8 nitrogen and oxygen atoms in total. The molecule has 23 heavy (non-hydrogen) atoms. The van der Waals surface area contributed by atoms with Crippen molar-refractivity contribution in [3.63, 3.8) is 0 Å². The fraction of sp³-hybridized carbons (Fsp3) is 0.786. The zero-order chi connectivity index (χ0) is 17.2. The molecule has 0 radical (unpaired) electrons. The second kappa shape index (κ2) is 10.3. The number of rotatable bonds is 10. The Hall–Kier alpha value is -1.48. The minimum atomic E-state index is -0.397. The molecule has 0 aromatic carbocycles. The van der Waals surface area contributed by atoms with E-state index in [0.717, 1.165) is 13.0 Å². The monoisotopic (exact) mass is 347 g/mol. The van der Waals surface area contributed by atoms with E-state index in [2.05, 4.69) is 5.32 Å². The van der Waals surface area contributed by atoms with Crippen LogP contribution in [0.25, 0.3) is 0 Å². The SMILES string of the molecule is CCOC(=O)CSCC(=C(NCC1CCOC1)N(C)C)[N+](=O)[O-]. The van der Waals surface area contributed by atoms with Crippen LogP contribution >= 0.6 is 11.8 Å². The third kappa shape index (κ3) is 7.08. The predicted molar refractivity (Wildman–Crippen MR) is 88.6 cm³/mol. The first-order valence-corrected chi connectivity index (χ1v) is 8.71. The molecule has 1 rings (SSSR count). The van der Waals surface area contributed by atoms with Crippen LogP contribution in [-0.4, -0.2) is 67.8 Å². The van der Waals surface area contributed by atoms with Crippen LogP contribution in [0.15, 0.2) is 11.5 Å². The Kier molecular flexibility index (Phi) is 8.78. The number of carbonyl (C=O) groups excluding carboxylic acids is 1. The van der Waals surface area contributed by atoms with Gasteiger partial charge in [-0.1, -0.05) is 0 Å². The average molecular weight is 347 g/mol. The lowest BCUT2D eigenvalue weighted by atomic mass is 10.1. The number of ether oxygens (including phenoxy) is 2. The number of nitrogens with one attached hydrogen (secondary N) is 1. The summed E-state index contributed by atoms with van der Waals surface area (Å²) < 4.78 is 10.1. The number of thioether (sulfide) groups is 1. The lowest BCUT2D eigenvalue weighted by Gasteiger charge is -2.20. The number of esters is 1. The van der Waals surface area contributed by atoms with Gasteiger partial charge in [0.2, 0.25) is 0 Å². The number of nitrogens with zero attached hydrogens (tertiary/aromatic N) is 2. The van der Waals surface area contributed by atoms with E-state index in [-0.39, 0.29) is 23.2 Å². The van der Waals surface area contributed by atoms with Crippen molar-refractivity contribution in [1.29, 1.82) is 0 Å². The Balaban J connectivity index is 2.66. The van der Waals surface area contributed by atoms with Crippen molar-refractivity contribution in [2.75, 3.05) is 52.0 Å². The van der Waals surface area contributed by atoms with Crippen LogP contribution in [0, 0.1) is 16.0 Å². The van der Waals surface area contributed by atoms with Gasteiger partial charge in [-0.25, -0.2) is 0 Å². The van der Waals surface area contributed by atoms with E-state index in [1.54, 1.807) is 25.9 Å². The van der Waals surface area contributed by atoms with Crippen molar-refractivity contribution in [3.8, 4) is 0 Å². The van der Waals surface area contributed by atoms with E-state index in [9.17, 15) is 14.9 Å². The maximum Gasteiger partial charge on any atom is 0.315 e. The highest BCUT2D eigenvalue weighted by Gasteiger charge is 2.23. The van der Waals surface area contributed by atoms with Crippen molar-refractivity contribution in [2.24, 2.45) is 5.92 Å². The first kappa shape index (κ1) is 19.6. The Labute approximate surface area is 140 Å². The van der Waals surface area contributed by atoms with Gasteiger partial charge in [-0.05, 0) is 13.3 Å². The largest absolute Gasteiger partial charge is 0.465 e. The van der Waals surface area contributed by atoms with Gasteiger partial charge in [-0.3, -0.25) is 14.9 Å². The highest BCUT2D eigenvalue weighted by atomic mass is 32.2. The summed E-state index contributed by atoms with van der Waals surface area (Å²) in [6.45, 7) is 4.09. The standard InChI is InChI=1S/C14H25N3O5S/c1-4-22-13(18)10-23-9-12(17(19)20)14(16(2)3)15-7-11-5-6-21-8-11/h11,15H,4-10H2,1-3H3. The van der Waals surface area contributed by atoms with Gasteiger partial charge in [0.1, 0.15) is 0 Å². The molecular formula is C14H25N3O5S. The van der Waals surface area contributed by atoms with Crippen LogP contribution in [0.2, 0.25) is 0 Å². The smallest absolute Gasteiger partial charge is 0.315 e. The van der Waals surface area contributed by atoms with Crippen LogP contribution in [0.1, 0.15) is 13.3 Å². The maximum atomic E-state index is 11.4. The molecule has 0 aromatic rings. The first-order chi connectivity index (χ1) is 11.0. The number of hydrogen-bond acceptors (Lipinski definition) is 8. The first-order valence-electron chi connectivity index (χ1n) is 7.55. The highest BCUT2D eigenvalue weighted by Crippen LogP contribution is 2.16. The molecule has 0 amide bonds.